The molecule has 0 aliphatic heterocycles. The minimum Gasteiger partial charge on any atom is -0.469 e. The van der Waals surface area contributed by atoms with Crippen LogP contribution in [0.15, 0.2) is 0 Å². The molecule has 0 aromatic carbocycles. The highest BCUT2D eigenvalue weighted by molar-refractivity contribution is 8.14. The van der Waals surface area contributed by atoms with Crippen LogP contribution in [0.3, 0.4) is 0 Å². The molecule has 0 aromatic heterocycles. The molecule has 0 N–H and O–H groups in total. The summed E-state index contributed by atoms with van der Waals surface area (Å²) in [6.45, 7) is 3.11. The smallest absolute Gasteiger partial charge is 0.305 e. The Hall–Kier alpha value is -0.490. The highest BCUT2D eigenvalue weighted by atomic mass is 32.2. The molecule has 0 radical (unpaired) electrons. The molecule has 0 saturated carbocycles. The number of carbonyl (C=O) groups excluding carboxylic acids is 3. The van der Waals surface area contributed by atoms with E-state index in [2.05, 4.69) is 4.74 Å². The van der Waals surface area contributed by atoms with Gasteiger partial charge in [-0.3, -0.25) is 14.4 Å². The van der Waals surface area contributed by atoms with Gasteiger partial charge in [0.15, 0.2) is 10.2 Å². The molecule has 0 bridgehead atoms. The SMILES string of the molecule is COC(=O)CCCC[C@@H](CCSC(C)=O)SC(C)=O. The predicted molar refractivity (Wildman–Crippen MR) is 80.3 cm³/mol. The molecular weight excluding hydrogens is 284 g/mol. The Morgan fingerprint density at radius 3 is 2.26 bits per heavy atom. The number of hydrogen-bond acceptors (Lipinski definition) is 6. The lowest BCUT2D eigenvalue weighted by atomic mass is 10.1. The van der Waals surface area contributed by atoms with Crippen molar-refractivity contribution in [2.75, 3.05) is 12.9 Å². The minimum absolute atomic E-state index is 0.103. The Morgan fingerprint density at radius 1 is 1.05 bits per heavy atom. The van der Waals surface area contributed by atoms with E-state index in [4.69, 9.17) is 0 Å². The molecule has 0 saturated heterocycles. The first-order valence-corrected chi connectivity index (χ1v) is 8.19. The predicted octanol–water partition coefficient (Wildman–Crippen LogP) is 3.04. The van der Waals surface area contributed by atoms with Gasteiger partial charge in [0, 0.05) is 31.3 Å². The van der Waals surface area contributed by atoms with Gasteiger partial charge in [0.1, 0.15) is 0 Å². The van der Waals surface area contributed by atoms with Gasteiger partial charge in [-0.1, -0.05) is 29.9 Å². The van der Waals surface area contributed by atoms with Gasteiger partial charge < -0.3 is 4.74 Å². The summed E-state index contributed by atoms with van der Waals surface area (Å²) in [6, 6.07) is 0. The van der Waals surface area contributed by atoms with Gasteiger partial charge in [-0.05, 0) is 19.3 Å². The van der Waals surface area contributed by atoms with Crippen molar-refractivity contribution < 1.29 is 19.1 Å². The number of rotatable bonds is 9. The first-order chi connectivity index (χ1) is 8.95. The second kappa shape index (κ2) is 11.3. The molecule has 6 heteroatoms. The second-order valence-corrected chi connectivity index (χ2v) is 6.93. The molecule has 0 rings (SSSR count). The van der Waals surface area contributed by atoms with Crippen molar-refractivity contribution in [3.05, 3.63) is 0 Å². The zero-order valence-electron chi connectivity index (χ0n) is 11.8. The van der Waals surface area contributed by atoms with Crippen molar-refractivity contribution in [3.8, 4) is 0 Å². The number of unbranched alkanes of at least 4 members (excludes halogenated alkanes) is 1. The molecule has 0 fully saturated rings. The largest absolute Gasteiger partial charge is 0.469 e. The van der Waals surface area contributed by atoms with Crippen molar-refractivity contribution in [2.45, 2.75) is 51.2 Å². The molecule has 0 spiro atoms. The van der Waals surface area contributed by atoms with E-state index in [9.17, 15) is 14.4 Å². The molecule has 110 valence electrons. The molecule has 0 aliphatic rings. The van der Waals surface area contributed by atoms with Gasteiger partial charge in [0.05, 0.1) is 7.11 Å². The van der Waals surface area contributed by atoms with Crippen molar-refractivity contribution >= 4 is 39.7 Å². The third-order valence-electron chi connectivity index (χ3n) is 2.46. The zero-order valence-corrected chi connectivity index (χ0v) is 13.4. The standard InChI is InChI=1S/C13H22O4S2/c1-10(14)18-9-8-12(19-11(2)15)6-4-5-7-13(16)17-3/h12H,4-9H2,1-3H3/t12-/m0/s1. The van der Waals surface area contributed by atoms with Gasteiger partial charge in [-0.25, -0.2) is 0 Å². The average Bonchev–Trinajstić information content (AvgIpc) is 2.32. The third-order valence-corrected chi connectivity index (χ3v) is 4.45. The maximum atomic E-state index is 11.2. The number of ether oxygens (including phenoxy) is 1. The topological polar surface area (TPSA) is 60.4 Å². The lowest BCUT2D eigenvalue weighted by Gasteiger charge is -2.13. The van der Waals surface area contributed by atoms with Crippen LogP contribution in [-0.2, 0) is 19.1 Å². The molecular formula is C13H22O4S2. The van der Waals surface area contributed by atoms with Gasteiger partial charge in [0.25, 0.3) is 0 Å². The van der Waals surface area contributed by atoms with E-state index in [0.717, 1.165) is 31.4 Å². The summed E-state index contributed by atoms with van der Waals surface area (Å²) in [4.78, 5) is 33.0. The maximum Gasteiger partial charge on any atom is 0.305 e. The molecule has 0 aromatic rings. The van der Waals surface area contributed by atoms with Crippen molar-refractivity contribution in [1.82, 2.24) is 0 Å². The lowest BCUT2D eigenvalue weighted by Crippen LogP contribution is -2.08. The average molecular weight is 306 g/mol. The van der Waals surface area contributed by atoms with E-state index in [-0.39, 0.29) is 21.4 Å². The Kier molecular flexibility index (Phi) is 11.1. The van der Waals surface area contributed by atoms with Crippen LogP contribution < -0.4 is 0 Å². The summed E-state index contributed by atoms with van der Waals surface area (Å²) in [5.74, 6) is 0.556. The van der Waals surface area contributed by atoms with Gasteiger partial charge in [-0.15, -0.1) is 0 Å². The Balaban J connectivity index is 3.88. The van der Waals surface area contributed by atoms with Crippen LogP contribution in [0, 0.1) is 0 Å². The van der Waals surface area contributed by atoms with E-state index in [1.165, 1.54) is 30.6 Å². The van der Waals surface area contributed by atoms with Crippen molar-refractivity contribution in [1.29, 1.82) is 0 Å². The van der Waals surface area contributed by atoms with Crippen molar-refractivity contribution in [2.24, 2.45) is 0 Å². The summed E-state index contributed by atoms with van der Waals surface area (Å²) >= 11 is 2.63. The molecule has 4 nitrogen and oxygen atoms in total. The third kappa shape index (κ3) is 12.3. The summed E-state index contributed by atoms with van der Waals surface area (Å²) in [6.07, 6.45) is 3.83. The van der Waals surface area contributed by atoms with Gasteiger partial charge in [-0.2, -0.15) is 0 Å². The van der Waals surface area contributed by atoms with Crippen LogP contribution in [-0.4, -0.2) is 34.3 Å². The van der Waals surface area contributed by atoms with Gasteiger partial charge >= 0.3 is 5.97 Å². The summed E-state index contributed by atoms with van der Waals surface area (Å²) < 4.78 is 4.57. The van der Waals surface area contributed by atoms with E-state index in [1.54, 1.807) is 13.8 Å². The van der Waals surface area contributed by atoms with E-state index in [1.807, 2.05) is 0 Å². The number of carbonyl (C=O) groups is 3. The summed E-state index contributed by atoms with van der Waals surface area (Å²) in [5, 5.41) is 0.449. The first-order valence-electron chi connectivity index (χ1n) is 6.33. The number of esters is 1. The maximum absolute atomic E-state index is 11.2. The van der Waals surface area contributed by atoms with Crippen LogP contribution in [0.4, 0.5) is 0 Å². The van der Waals surface area contributed by atoms with Gasteiger partial charge in [0.2, 0.25) is 0 Å². The monoisotopic (exact) mass is 306 g/mol. The molecule has 0 amide bonds. The van der Waals surface area contributed by atoms with E-state index in [0.29, 0.717) is 6.42 Å². The fourth-order valence-corrected chi connectivity index (χ4v) is 3.40. The van der Waals surface area contributed by atoms with Crippen LogP contribution in [0.2, 0.25) is 0 Å². The van der Waals surface area contributed by atoms with Crippen LogP contribution in [0.25, 0.3) is 0 Å². The van der Waals surface area contributed by atoms with E-state index < -0.39 is 0 Å². The van der Waals surface area contributed by atoms with Crippen LogP contribution in [0.1, 0.15) is 46.0 Å². The first kappa shape index (κ1) is 18.5. The molecule has 0 heterocycles. The highest BCUT2D eigenvalue weighted by Gasteiger charge is 2.13. The second-order valence-electron chi connectivity index (χ2n) is 4.18. The highest BCUT2D eigenvalue weighted by Crippen LogP contribution is 2.23. The number of methoxy groups -OCH3 is 1. The Labute approximate surface area is 123 Å². The fourth-order valence-electron chi connectivity index (χ4n) is 1.57. The summed E-state index contributed by atoms with van der Waals surface area (Å²) in [5.41, 5.74) is 0. The quantitative estimate of drug-likeness (QED) is 0.482. The van der Waals surface area contributed by atoms with E-state index >= 15 is 0 Å². The Morgan fingerprint density at radius 2 is 1.74 bits per heavy atom. The van der Waals surface area contributed by atoms with Crippen molar-refractivity contribution in [3.63, 3.8) is 0 Å². The lowest BCUT2D eigenvalue weighted by molar-refractivity contribution is -0.140. The number of thioether (sulfide) groups is 2. The molecule has 1 atom stereocenters. The minimum atomic E-state index is -0.192. The Bertz CT molecular complexity index is 305. The molecule has 0 aliphatic carbocycles. The van der Waals surface area contributed by atoms with Crippen LogP contribution >= 0.6 is 23.5 Å². The molecule has 19 heavy (non-hydrogen) atoms. The number of hydrogen-bond donors (Lipinski definition) is 0. The zero-order chi connectivity index (χ0) is 14.7. The normalized spacial score (nSPS) is 11.9. The molecule has 0 unspecified atom stereocenters. The van der Waals surface area contributed by atoms with Crippen LogP contribution in [0.5, 0.6) is 0 Å². The fraction of sp³-hybridized carbons (Fsp3) is 0.769. The summed E-state index contributed by atoms with van der Waals surface area (Å²) in [7, 11) is 1.38.